The Morgan fingerprint density at radius 1 is 1.00 bits per heavy atom. The molecule has 0 amide bonds. The number of hydrogen-bond acceptors (Lipinski definition) is 2. The number of anilines is 1. The lowest BCUT2D eigenvalue weighted by molar-refractivity contribution is 0.475. The Bertz CT molecular complexity index is 520. The molecule has 0 fully saturated rings. The minimum Gasteiger partial charge on any atom is -0.508 e. The minimum atomic E-state index is 0.309. The van der Waals surface area contributed by atoms with Gasteiger partial charge in [-0.15, -0.1) is 0 Å². The Kier molecular flexibility index (Phi) is 3.33. The lowest BCUT2D eigenvalue weighted by atomic mass is 10.1. The van der Waals surface area contributed by atoms with E-state index >= 15 is 0 Å². The van der Waals surface area contributed by atoms with E-state index in [2.05, 4.69) is 24.4 Å². The van der Waals surface area contributed by atoms with Gasteiger partial charge in [0.05, 0.1) is 0 Å². The van der Waals surface area contributed by atoms with E-state index in [1.165, 1.54) is 11.1 Å². The maximum atomic E-state index is 9.34. The van der Waals surface area contributed by atoms with Gasteiger partial charge in [-0.3, -0.25) is 0 Å². The summed E-state index contributed by atoms with van der Waals surface area (Å²) in [5.74, 6) is 0.309. The Hall–Kier alpha value is -1.96. The Balaban J connectivity index is 2.10. The van der Waals surface area contributed by atoms with E-state index in [1.54, 1.807) is 12.1 Å². The number of hydrogen-bond donors (Lipinski definition) is 2. The topological polar surface area (TPSA) is 32.3 Å². The van der Waals surface area contributed by atoms with Crippen LogP contribution < -0.4 is 5.32 Å². The van der Waals surface area contributed by atoms with Gasteiger partial charge in [-0.2, -0.15) is 0 Å². The molecule has 0 unspecified atom stereocenters. The Labute approximate surface area is 102 Å². The van der Waals surface area contributed by atoms with Gasteiger partial charge in [0.2, 0.25) is 0 Å². The average Bonchev–Trinajstić information content (AvgIpc) is 2.30. The molecular weight excluding hydrogens is 210 g/mol. The first kappa shape index (κ1) is 11.5. The molecule has 0 saturated heterocycles. The molecule has 2 nitrogen and oxygen atoms in total. The summed E-state index contributed by atoms with van der Waals surface area (Å²) in [5, 5.41) is 12.7. The number of aromatic hydroxyl groups is 1. The average molecular weight is 227 g/mol. The summed E-state index contributed by atoms with van der Waals surface area (Å²) in [6.45, 7) is 4.90. The highest BCUT2D eigenvalue weighted by Gasteiger charge is 2.00. The Morgan fingerprint density at radius 3 is 2.47 bits per heavy atom. The first-order valence-electron chi connectivity index (χ1n) is 5.75. The van der Waals surface area contributed by atoms with E-state index in [-0.39, 0.29) is 0 Å². The van der Waals surface area contributed by atoms with Crippen molar-refractivity contribution in [1.82, 2.24) is 0 Å². The fourth-order valence-corrected chi connectivity index (χ4v) is 1.85. The fraction of sp³-hybridized carbons (Fsp3) is 0.200. The maximum absolute atomic E-state index is 9.34. The molecule has 0 atom stereocenters. The minimum absolute atomic E-state index is 0.309. The van der Waals surface area contributed by atoms with Crippen LogP contribution in [0.3, 0.4) is 0 Å². The van der Waals surface area contributed by atoms with Crippen LogP contribution in [0.15, 0.2) is 42.5 Å². The zero-order chi connectivity index (χ0) is 12.3. The third-order valence-corrected chi connectivity index (χ3v) is 2.94. The van der Waals surface area contributed by atoms with Crippen LogP contribution in [0, 0.1) is 13.8 Å². The van der Waals surface area contributed by atoms with E-state index in [0.29, 0.717) is 5.75 Å². The van der Waals surface area contributed by atoms with Crippen molar-refractivity contribution in [2.75, 3.05) is 5.32 Å². The van der Waals surface area contributed by atoms with Gasteiger partial charge < -0.3 is 10.4 Å². The maximum Gasteiger partial charge on any atom is 0.115 e. The van der Waals surface area contributed by atoms with Crippen LogP contribution >= 0.6 is 0 Å². The van der Waals surface area contributed by atoms with Crippen LogP contribution in [-0.2, 0) is 6.54 Å². The van der Waals surface area contributed by atoms with Crippen LogP contribution in [0.4, 0.5) is 5.69 Å². The highest BCUT2D eigenvalue weighted by atomic mass is 16.3. The van der Waals surface area contributed by atoms with E-state index in [9.17, 15) is 5.11 Å². The summed E-state index contributed by atoms with van der Waals surface area (Å²) >= 11 is 0. The Morgan fingerprint density at radius 2 is 1.76 bits per heavy atom. The van der Waals surface area contributed by atoms with Crippen molar-refractivity contribution in [3.05, 3.63) is 59.2 Å². The fourth-order valence-electron chi connectivity index (χ4n) is 1.85. The summed E-state index contributed by atoms with van der Waals surface area (Å²) in [4.78, 5) is 0. The predicted octanol–water partition coefficient (Wildman–Crippen LogP) is 3.62. The smallest absolute Gasteiger partial charge is 0.115 e. The summed E-state index contributed by atoms with van der Waals surface area (Å²) in [6.07, 6.45) is 0. The molecule has 2 rings (SSSR count). The number of aryl methyl sites for hydroxylation is 2. The number of rotatable bonds is 3. The largest absolute Gasteiger partial charge is 0.508 e. The van der Waals surface area contributed by atoms with Crippen LogP contribution in [0.2, 0.25) is 0 Å². The SMILES string of the molecule is Cc1ccccc1CNc1ccc(O)cc1C. The quantitative estimate of drug-likeness (QED) is 0.785. The summed E-state index contributed by atoms with van der Waals surface area (Å²) in [5.41, 5.74) is 4.70. The highest BCUT2D eigenvalue weighted by Crippen LogP contribution is 2.21. The molecular formula is C15H17NO. The van der Waals surface area contributed by atoms with Crippen molar-refractivity contribution in [2.24, 2.45) is 0 Å². The lowest BCUT2D eigenvalue weighted by Gasteiger charge is -2.11. The molecule has 0 heterocycles. The molecule has 88 valence electrons. The highest BCUT2D eigenvalue weighted by molar-refractivity contribution is 5.53. The molecule has 0 aliphatic rings. The third kappa shape index (κ3) is 2.78. The summed E-state index contributed by atoms with van der Waals surface area (Å²) in [6, 6.07) is 13.7. The van der Waals surface area contributed by atoms with Crippen LogP contribution in [0.1, 0.15) is 16.7 Å². The number of benzene rings is 2. The lowest BCUT2D eigenvalue weighted by Crippen LogP contribution is -2.02. The van der Waals surface area contributed by atoms with Crippen LogP contribution in [0.5, 0.6) is 5.75 Å². The number of nitrogens with one attached hydrogen (secondary N) is 1. The van der Waals surface area contributed by atoms with E-state index in [4.69, 9.17) is 0 Å². The van der Waals surface area contributed by atoms with Gasteiger partial charge in [-0.25, -0.2) is 0 Å². The molecule has 0 aromatic heterocycles. The second-order valence-electron chi connectivity index (χ2n) is 4.28. The summed E-state index contributed by atoms with van der Waals surface area (Å²) in [7, 11) is 0. The second kappa shape index (κ2) is 4.91. The van der Waals surface area contributed by atoms with E-state index in [1.807, 2.05) is 25.1 Å². The van der Waals surface area contributed by atoms with Gasteiger partial charge >= 0.3 is 0 Å². The zero-order valence-corrected chi connectivity index (χ0v) is 10.2. The molecule has 17 heavy (non-hydrogen) atoms. The molecule has 2 heteroatoms. The van der Waals surface area contributed by atoms with Gasteiger partial charge in [-0.1, -0.05) is 24.3 Å². The van der Waals surface area contributed by atoms with Crippen molar-refractivity contribution >= 4 is 5.69 Å². The monoisotopic (exact) mass is 227 g/mol. The van der Waals surface area contributed by atoms with Crippen molar-refractivity contribution in [3.63, 3.8) is 0 Å². The molecule has 0 aliphatic heterocycles. The molecule has 0 bridgehead atoms. The number of phenolic OH excluding ortho intramolecular Hbond substituents is 1. The molecule has 0 spiro atoms. The molecule has 0 radical (unpaired) electrons. The molecule has 2 N–H and O–H groups in total. The second-order valence-corrected chi connectivity index (χ2v) is 4.28. The molecule has 0 saturated carbocycles. The summed E-state index contributed by atoms with van der Waals surface area (Å²) < 4.78 is 0. The normalized spacial score (nSPS) is 10.2. The van der Waals surface area contributed by atoms with Gasteiger partial charge in [0.1, 0.15) is 5.75 Å². The first-order valence-corrected chi connectivity index (χ1v) is 5.75. The van der Waals surface area contributed by atoms with Crippen LogP contribution in [-0.4, -0.2) is 5.11 Å². The van der Waals surface area contributed by atoms with Gasteiger partial charge in [0, 0.05) is 12.2 Å². The van der Waals surface area contributed by atoms with Crippen molar-refractivity contribution in [1.29, 1.82) is 0 Å². The van der Waals surface area contributed by atoms with Crippen molar-refractivity contribution < 1.29 is 5.11 Å². The van der Waals surface area contributed by atoms with Gasteiger partial charge in [0.15, 0.2) is 0 Å². The molecule has 2 aromatic rings. The zero-order valence-electron chi connectivity index (χ0n) is 10.2. The van der Waals surface area contributed by atoms with Gasteiger partial charge in [0.25, 0.3) is 0 Å². The van der Waals surface area contributed by atoms with Crippen LogP contribution in [0.25, 0.3) is 0 Å². The van der Waals surface area contributed by atoms with E-state index < -0.39 is 0 Å². The van der Waals surface area contributed by atoms with Crippen molar-refractivity contribution in [2.45, 2.75) is 20.4 Å². The van der Waals surface area contributed by atoms with Gasteiger partial charge in [-0.05, 0) is 48.7 Å². The van der Waals surface area contributed by atoms with Crippen molar-refractivity contribution in [3.8, 4) is 5.75 Å². The first-order chi connectivity index (χ1) is 8.16. The molecule has 2 aromatic carbocycles. The van der Waals surface area contributed by atoms with E-state index in [0.717, 1.165) is 17.8 Å². The standard InChI is InChI=1S/C15H17NO/c1-11-5-3-4-6-13(11)10-16-15-8-7-14(17)9-12(15)2/h3-9,16-17H,10H2,1-2H3. The third-order valence-electron chi connectivity index (χ3n) is 2.94. The number of phenols is 1. The predicted molar refractivity (Wildman–Crippen MR) is 71.3 cm³/mol. The molecule has 0 aliphatic carbocycles.